The lowest BCUT2D eigenvalue weighted by molar-refractivity contribution is -0.115. The van der Waals surface area contributed by atoms with Crippen LogP contribution >= 0.6 is 0 Å². The number of carbonyl (C=O) groups is 1. The molecule has 8 nitrogen and oxygen atoms in total. The van der Waals surface area contributed by atoms with E-state index < -0.39 is 16.7 Å². The van der Waals surface area contributed by atoms with E-state index in [2.05, 4.69) is 21.4 Å². The van der Waals surface area contributed by atoms with Crippen LogP contribution in [-0.4, -0.2) is 43.9 Å². The highest BCUT2D eigenvalue weighted by atomic mass is 32.2. The van der Waals surface area contributed by atoms with Crippen LogP contribution in [0.15, 0.2) is 65.2 Å². The van der Waals surface area contributed by atoms with Gasteiger partial charge in [-0.2, -0.15) is 4.98 Å². The number of alkyl halides is 1. The summed E-state index contributed by atoms with van der Waals surface area (Å²) < 4.78 is 43.6. The largest absolute Gasteiger partial charge is 0.339 e. The van der Waals surface area contributed by atoms with Crippen molar-refractivity contribution in [1.82, 2.24) is 10.1 Å². The molecule has 38 heavy (non-hydrogen) atoms. The zero-order valence-corrected chi connectivity index (χ0v) is 22.9. The zero-order chi connectivity index (χ0) is 27.7. The zero-order valence-electron chi connectivity index (χ0n) is 22.1. The van der Waals surface area contributed by atoms with Crippen molar-refractivity contribution in [2.45, 2.75) is 51.9 Å². The molecule has 1 heterocycles. The number of sulfonamides is 1. The van der Waals surface area contributed by atoms with Crippen LogP contribution in [0.1, 0.15) is 57.2 Å². The van der Waals surface area contributed by atoms with Crippen molar-refractivity contribution >= 4 is 27.3 Å². The van der Waals surface area contributed by atoms with Crippen LogP contribution in [0.2, 0.25) is 0 Å². The van der Waals surface area contributed by atoms with Crippen LogP contribution in [0.5, 0.6) is 0 Å². The van der Waals surface area contributed by atoms with Crippen molar-refractivity contribution in [3.05, 3.63) is 72.4 Å². The summed E-state index contributed by atoms with van der Waals surface area (Å²) in [6.45, 7) is 7.61. The average Bonchev–Trinajstić information content (AvgIpc) is 3.35. The average molecular weight is 543 g/mol. The Morgan fingerprint density at radius 1 is 1.11 bits per heavy atom. The van der Waals surface area contributed by atoms with Crippen molar-refractivity contribution in [2.24, 2.45) is 0 Å². The number of nitrogens with one attached hydrogen (secondary N) is 1. The monoisotopic (exact) mass is 542 g/mol. The Labute approximate surface area is 224 Å². The minimum absolute atomic E-state index is 0.0141. The number of amides is 1. The summed E-state index contributed by atoms with van der Waals surface area (Å²) in [5, 5.41) is 4.02. The number of nitrogens with zero attached hydrogens (tertiary/aromatic N) is 3. The van der Waals surface area contributed by atoms with E-state index >= 15 is 0 Å². The summed E-state index contributed by atoms with van der Waals surface area (Å²) >= 11 is 0. The highest BCUT2D eigenvalue weighted by Gasteiger charge is 2.19. The Kier molecular flexibility index (Phi) is 10.2. The van der Waals surface area contributed by atoms with E-state index in [-0.39, 0.29) is 23.8 Å². The Hall–Kier alpha value is -3.53. The van der Waals surface area contributed by atoms with Crippen LogP contribution in [0.25, 0.3) is 11.1 Å². The number of carbonyl (C=O) groups excluding carboxylic acids is 1. The molecule has 0 fully saturated rings. The highest BCUT2D eigenvalue weighted by molar-refractivity contribution is 7.92. The first-order valence-corrected chi connectivity index (χ1v) is 14.5. The number of aryl methyl sites for hydroxylation is 1. The second-order valence-electron chi connectivity index (χ2n) is 9.52. The molecule has 1 aromatic heterocycles. The molecule has 3 aromatic rings. The van der Waals surface area contributed by atoms with Gasteiger partial charge >= 0.3 is 0 Å². The molecule has 3 rings (SSSR count). The number of anilines is 2. The van der Waals surface area contributed by atoms with Crippen molar-refractivity contribution in [1.29, 1.82) is 0 Å². The number of unbranched alkanes of at least 4 members (excludes halogenated alkanes) is 2. The van der Waals surface area contributed by atoms with Gasteiger partial charge in [-0.05, 0) is 48.2 Å². The summed E-state index contributed by atoms with van der Waals surface area (Å²) in [6.07, 6.45) is 4.20. The lowest BCUT2D eigenvalue weighted by Gasteiger charge is -2.24. The summed E-state index contributed by atoms with van der Waals surface area (Å²) in [7, 11) is -3.37. The molecule has 1 amide bonds. The number of aromatic nitrogens is 2. The molecular formula is C28H35FN4O4S. The first-order chi connectivity index (χ1) is 18.1. The summed E-state index contributed by atoms with van der Waals surface area (Å²) in [4.78, 5) is 19.2. The van der Waals surface area contributed by atoms with E-state index in [9.17, 15) is 17.6 Å². The maximum atomic E-state index is 13.2. The quantitative estimate of drug-likeness (QED) is 0.201. The van der Waals surface area contributed by atoms with Crippen molar-refractivity contribution in [3.63, 3.8) is 0 Å². The van der Waals surface area contributed by atoms with Gasteiger partial charge in [0, 0.05) is 42.3 Å². The molecule has 0 saturated carbocycles. The first-order valence-electron chi connectivity index (χ1n) is 12.6. The van der Waals surface area contributed by atoms with Crippen LogP contribution in [0, 0.1) is 0 Å². The highest BCUT2D eigenvalue weighted by Crippen LogP contribution is 2.27. The molecule has 0 atom stereocenters. The fraction of sp³-hybridized carbons (Fsp3) is 0.393. The number of hydrogen-bond donors (Lipinski definition) is 1. The van der Waals surface area contributed by atoms with Crippen LogP contribution < -0.4 is 9.62 Å². The topological polar surface area (TPSA) is 105 Å². The molecule has 0 spiro atoms. The molecule has 204 valence electrons. The second-order valence-corrected chi connectivity index (χ2v) is 11.3. The van der Waals surface area contributed by atoms with Gasteiger partial charge in [-0.25, -0.2) is 8.42 Å². The standard InChI is InChI=1S/C28H35FN4O4S/c1-20(2)27-30-26(31-37-27)11-6-5-7-18-33(28(34)21(3)16-17-29)25-10-8-9-23(19-25)22-12-14-24(15-13-22)32-38(4,35)36/h8-10,12-15,19-20,32H,3,5-7,11,16-18H2,1-2,4H3. The molecule has 0 bridgehead atoms. The minimum Gasteiger partial charge on any atom is -0.339 e. The van der Waals surface area contributed by atoms with E-state index in [1.54, 1.807) is 17.0 Å². The lowest BCUT2D eigenvalue weighted by atomic mass is 10.0. The van der Waals surface area contributed by atoms with E-state index in [0.717, 1.165) is 36.6 Å². The molecule has 2 aromatic carbocycles. The molecule has 0 unspecified atom stereocenters. The Morgan fingerprint density at radius 3 is 2.47 bits per heavy atom. The van der Waals surface area contributed by atoms with Gasteiger partial charge in [0.25, 0.3) is 5.91 Å². The molecule has 0 saturated heterocycles. The predicted molar refractivity (Wildman–Crippen MR) is 148 cm³/mol. The van der Waals surface area contributed by atoms with Gasteiger partial charge in [-0.15, -0.1) is 0 Å². The van der Waals surface area contributed by atoms with Gasteiger partial charge in [0.05, 0.1) is 12.9 Å². The van der Waals surface area contributed by atoms with Gasteiger partial charge in [0.1, 0.15) is 0 Å². The summed E-state index contributed by atoms with van der Waals surface area (Å²) in [5.74, 6) is 1.20. The third-order valence-corrected chi connectivity index (χ3v) is 6.49. The third-order valence-electron chi connectivity index (χ3n) is 5.88. The maximum absolute atomic E-state index is 13.2. The Morgan fingerprint density at radius 2 is 1.84 bits per heavy atom. The van der Waals surface area contributed by atoms with Crippen LogP contribution in [0.4, 0.5) is 15.8 Å². The van der Waals surface area contributed by atoms with E-state index in [1.807, 2.05) is 50.2 Å². The SMILES string of the molecule is C=C(CCF)C(=O)N(CCCCCc1noc(C(C)C)n1)c1cccc(-c2ccc(NS(C)(=O)=O)cc2)c1. The Balaban J connectivity index is 1.70. The van der Waals surface area contributed by atoms with Crippen LogP contribution in [-0.2, 0) is 21.2 Å². The number of rotatable bonds is 14. The van der Waals surface area contributed by atoms with E-state index in [1.165, 1.54) is 0 Å². The maximum Gasteiger partial charge on any atom is 0.253 e. The first kappa shape index (κ1) is 29.0. The normalized spacial score (nSPS) is 11.5. The third kappa shape index (κ3) is 8.51. The molecule has 0 aliphatic carbocycles. The van der Waals surface area contributed by atoms with Crippen molar-refractivity contribution < 1.29 is 22.1 Å². The number of hydrogen-bond acceptors (Lipinski definition) is 6. The molecule has 10 heteroatoms. The van der Waals surface area contributed by atoms with E-state index in [0.29, 0.717) is 36.1 Å². The van der Waals surface area contributed by atoms with Crippen molar-refractivity contribution in [3.8, 4) is 11.1 Å². The van der Waals surface area contributed by atoms with Crippen LogP contribution in [0.3, 0.4) is 0 Å². The smallest absolute Gasteiger partial charge is 0.253 e. The molecular weight excluding hydrogens is 507 g/mol. The number of halogens is 1. The van der Waals surface area contributed by atoms with Gasteiger partial charge in [0.15, 0.2) is 5.82 Å². The second kappa shape index (κ2) is 13.3. The molecule has 0 radical (unpaired) electrons. The van der Waals surface area contributed by atoms with Gasteiger partial charge in [0.2, 0.25) is 15.9 Å². The number of benzene rings is 2. The molecule has 0 aliphatic heterocycles. The summed E-state index contributed by atoms with van der Waals surface area (Å²) in [6, 6.07) is 14.5. The van der Waals surface area contributed by atoms with Gasteiger partial charge in [-0.3, -0.25) is 13.9 Å². The van der Waals surface area contributed by atoms with Gasteiger partial charge < -0.3 is 9.42 Å². The predicted octanol–water partition coefficient (Wildman–Crippen LogP) is 5.89. The van der Waals surface area contributed by atoms with E-state index in [4.69, 9.17) is 4.52 Å². The van der Waals surface area contributed by atoms with Crippen molar-refractivity contribution in [2.75, 3.05) is 29.1 Å². The molecule has 0 aliphatic rings. The Bertz CT molecular complexity index is 1340. The fourth-order valence-electron chi connectivity index (χ4n) is 3.89. The summed E-state index contributed by atoms with van der Waals surface area (Å²) in [5.41, 5.74) is 3.10. The lowest BCUT2D eigenvalue weighted by Crippen LogP contribution is -2.33. The minimum atomic E-state index is -3.37. The fourth-order valence-corrected chi connectivity index (χ4v) is 4.46. The van der Waals surface area contributed by atoms with Gasteiger partial charge in [-0.1, -0.05) is 56.3 Å². The molecule has 1 N–H and O–H groups in total.